The molecule has 2 rings (SSSR count). The Balaban J connectivity index is 2.16. The average Bonchev–Trinajstić information content (AvgIpc) is 2.30. The first-order chi connectivity index (χ1) is 7.29. The van der Waals surface area contributed by atoms with Gasteiger partial charge in [-0.2, -0.15) is 0 Å². The van der Waals surface area contributed by atoms with Crippen LogP contribution in [0.4, 0.5) is 5.82 Å². The number of anilines is 1. The fourth-order valence-electron chi connectivity index (χ4n) is 1.89. The molecule has 0 amide bonds. The first-order valence-corrected chi connectivity index (χ1v) is 5.27. The van der Waals surface area contributed by atoms with Gasteiger partial charge in [0.05, 0.1) is 11.6 Å². The predicted molar refractivity (Wildman–Crippen MR) is 58.6 cm³/mol. The van der Waals surface area contributed by atoms with Gasteiger partial charge in [0.2, 0.25) is 0 Å². The molecule has 1 aromatic heterocycles. The third kappa shape index (κ3) is 2.15. The molecule has 1 unspecified atom stereocenters. The number of hydrogen-bond acceptors (Lipinski definition) is 4. The van der Waals surface area contributed by atoms with Crippen LogP contribution in [0.1, 0.15) is 29.6 Å². The summed E-state index contributed by atoms with van der Waals surface area (Å²) in [7, 11) is 0. The van der Waals surface area contributed by atoms with Crippen molar-refractivity contribution in [1.82, 2.24) is 10.3 Å². The summed E-state index contributed by atoms with van der Waals surface area (Å²) in [5, 5.41) is 3.21. The second kappa shape index (κ2) is 4.40. The zero-order valence-corrected chi connectivity index (χ0v) is 8.57. The zero-order chi connectivity index (χ0) is 10.7. The Morgan fingerprint density at radius 3 is 3.07 bits per heavy atom. The number of nitrogen functional groups attached to an aromatic ring is 1. The molecular formula is C11H15N3O. The molecule has 15 heavy (non-hydrogen) atoms. The van der Waals surface area contributed by atoms with Gasteiger partial charge >= 0.3 is 0 Å². The Morgan fingerprint density at radius 1 is 1.53 bits per heavy atom. The number of rotatable bonds is 2. The van der Waals surface area contributed by atoms with Crippen molar-refractivity contribution in [2.45, 2.75) is 25.3 Å². The lowest BCUT2D eigenvalue weighted by Crippen LogP contribution is -2.40. The van der Waals surface area contributed by atoms with Gasteiger partial charge in [0.25, 0.3) is 0 Å². The topological polar surface area (TPSA) is 68.0 Å². The van der Waals surface area contributed by atoms with Gasteiger partial charge < -0.3 is 11.1 Å². The summed E-state index contributed by atoms with van der Waals surface area (Å²) < 4.78 is 0. The first kappa shape index (κ1) is 10.1. The number of pyridine rings is 1. The van der Waals surface area contributed by atoms with Gasteiger partial charge in [-0.15, -0.1) is 0 Å². The highest BCUT2D eigenvalue weighted by Gasteiger charge is 2.23. The van der Waals surface area contributed by atoms with Crippen molar-refractivity contribution in [1.29, 1.82) is 0 Å². The van der Waals surface area contributed by atoms with Crippen LogP contribution in [-0.2, 0) is 0 Å². The van der Waals surface area contributed by atoms with Gasteiger partial charge in [-0.1, -0.05) is 6.42 Å². The van der Waals surface area contributed by atoms with Crippen LogP contribution in [-0.4, -0.2) is 23.4 Å². The van der Waals surface area contributed by atoms with Gasteiger partial charge in [0.15, 0.2) is 5.78 Å². The molecule has 1 saturated heterocycles. The summed E-state index contributed by atoms with van der Waals surface area (Å²) >= 11 is 0. The van der Waals surface area contributed by atoms with Crippen molar-refractivity contribution in [2.75, 3.05) is 12.3 Å². The average molecular weight is 205 g/mol. The highest BCUT2D eigenvalue weighted by atomic mass is 16.1. The number of carbonyl (C=O) groups excluding carboxylic acids is 1. The third-order valence-electron chi connectivity index (χ3n) is 2.73. The Morgan fingerprint density at radius 2 is 2.40 bits per heavy atom. The van der Waals surface area contributed by atoms with Crippen molar-refractivity contribution < 1.29 is 4.79 Å². The van der Waals surface area contributed by atoms with Crippen molar-refractivity contribution in [3.05, 3.63) is 23.9 Å². The maximum absolute atomic E-state index is 12.0. The van der Waals surface area contributed by atoms with E-state index >= 15 is 0 Å². The summed E-state index contributed by atoms with van der Waals surface area (Å²) in [6, 6.07) is 3.40. The number of nitrogens with one attached hydrogen (secondary N) is 1. The SMILES string of the molecule is Nc1ncccc1C(=O)C1CCCCN1. The monoisotopic (exact) mass is 205 g/mol. The molecule has 1 aliphatic heterocycles. The van der Waals surface area contributed by atoms with Crippen LogP contribution in [0, 0.1) is 0 Å². The van der Waals surface area contributed by atoms with Crippen LogP contribution in [0.15, 0.2) is 18.3 Å². The van der Waals surface area contributed by atoms with E-state index in [1.165, 1.54) is 0 Å². The zero-order valence-electron chi connectivity index (χ0n) is 8.57. The van der Waals surface area contributed by atoms with Gasteiger partial charge in [-0.3, -0.25) is 4.79 Å². The van der Waals surface area contributed by atoms with Crippen LogP contribution >= 0.6 is 0 Å². The number of nitrogens with two attached hydrogens (primary N) is 1. The van der Waals surface area contributed by atoms with Crippen LogP contribution in [0.25, 0.3) is 0 Å². The fourth-order valence-corrected chi connectivity index (χ4v) is 1.89. The Kier molecular flexibility index (Phi) is 2.97. The molecule has 1 aliphatic rings. The molecule has 0 bridgehead atoms. The first-order valence-electron chi connectivity index (χ1n) is 5.27. The minimum absolute atomic E-state index is 0.0697. The Bertz CT molecular complexity index is 359. The van der Waals surface area contributed by atoms with Crippen LogP contribution in [0.2, 0.25) is 0 Å². The molecule has 4 heteroatoms. The molecule has 0 aromatic carbocycles. The van der Waals surface area contributed by atoms with E-state index in [9.17, 15) is 4.79 Å². The molecule has 0 spiro atoms. The van der Waals surface area contributed by atoms with E-state index in [-0.39, 0.29) is 11.8 Å². The lowest BCUT2D eigenvalue weighted by molar-refractivity contribution is 0.0928. The highest BCUT2D eigenvalue weighted by Crippen LogP contribution is 2.15. The van der Waals surface area contributed by atoms with Gasteiger partial charge in [0, 0.05) is 6.20 Å². The van der Waals surface area contributed by atoms with Crippen molar-refractivity contribution in [3.63, 3.8) is 0 Å². The van der Waals surface area contributed by atoms with E-state index in [0.29, 0.717) is 11.4 Å². The third-order valence-corrected chi connectivity index (χ3v) is 2.73. The largest absolute Gasteiger partial charge is 0.383 e. The molecule has 0 radical (unpaired) electrons. The van der Waals surface area contributed by atoms with E-state index < -0.39 is 0 Å². The van der Waals surface area contributed by atoms with Gasteiger partial charge in [-0.05, 0) is 31.5 Å². The number of Topliss-reactive ketones (excluding diaryl/α,β-unsaturated/α-hetero) is 1. The lowest BCUT2D eigenvalue weighted by Gasteiger charge is -2.22. The molecule has 3 N–H and O–H groups in total. The number of aromatic nitrogens is 1. The molecule has 1 aromatic rings. The summed E-state index contributed by atoms with van der Waals surface area (Å²) in [6.45, 7) is 0.913. The van der Waals surface area contributed by atoms with E-state index in [4.69, 9.17) is 5.73 Å². The minimum Gasteiger partial charge on any atom is -0.383 e. The Hall–Kier alpha value is -1.42. The van der Waals surface area contributed by atoms with E-state index in [1.54, 1.807) is 18.3 Å². The quantitative estimate of drug-likeness (QED) is 0.706. The highest BCUT2D eigenvalue weighted by molar-refractivity contribution is 6.03. The molecule has 1 fully saturated rings. The maximum atomic E-state index is 12.0. The van der Waals surface area contributed by atoms with Crippen LogP contribution in [0.5, 0.6) is 0 Å². The number of hydrogen-bond donors (Lipinski definition) is 2. The number of ketones is 1. The lowest BCUT2D eigenvalue weighted by atomic mass is 9.97. The normalized spacial score (nSPS) is 21.2. The van der Waals surface area contributed by atoms with Crippen molar-refractivity contribution in [3.8, 4) is 0 Å². The summed E-state index contributed by atoms with van der Waals surface area (Å²) in [4.78, 5) is 16.0. The van der Waals surface area contributed by atoms with Gasteiger partial charge in [0.1, 0.15) is 5.82 Å². The van der Waals surface area contributed by atoms with Gasteiger partial charge in [-0.25, -0.2) is 4.98 Å². The Labute approximate surface area is 88.9 Å². The molecule has 80 valence electrons. The van der Waals surface area contributed by atoms with Crippen LogP contribution < -0.4 is 11.1 Å². The maximum Gasteiger partial charge on any atom is 0.183 e. The van der Waals surface area contributed by atoms with Crippen molar-refractivity contribution >= 4 is 11.6 Å². The smallest absolute Gasteiger partial charge is 0.183 e. The molecule has 2 heterocycles. The van der Waals surface area contributed by atoms with E-state index in [0.717, 1.165) is 25.8 Å². The van der Waals surface area contributed by atoms with E-state index in [1.807, 2.05) is 0 Å². The summed E-state index contributed by atoms with van der Waals surface area (Å²) in [5.74, 6) is 0.398. The molecular weight excluding hydrogens is 190 g/mol. The fraction of sp³-hybridized carbons (Fsp3) is 0.455. The standard InChI is InChI=1S/C11H15N3O/c12-11-8(4-3-7-14-11)10(15)9-5-1-2-6-13-9/h3-4,7,9,13H,1-2,5-6H2,(H2,12,14). The molecule has 1 atom stereocenters. The summed E-state index contributed by atoms with van der Waals surface area (Å²) in [6.07, 6.45) is 4.74. The van der Waals surface area contributed by atoms with E-state index in [2.05, 4.69) is 10.3 Å². The second-order valence-corrected chi connectivity index (χ2v) is 3.80. The molecule has 4 nitrogen and oxygen atoms in total. The predicted octanol–water partition coefficient (Wildman–Crippen LogP) is 0.989. The van der Waals surface area contributed by atoms with Crippen molar-refractivity contribution in [2.24, 2.45) is 0 Å². The summed E-state index contributed by atoms with van der Waals surface area (Å²) in [5.41, 5.74) is 6.21. The second-order valence-electron chi connectivity index (χ2n) is 3.80. The number of nitrogens with zero attached hydrogens (tertiary/aromatic N) is 1. The molecule has 0 saturated carbocycles. The number of piperidine rings is 1. The minimum atomic E-state index is -0.0785. The molecule has 0 aliphatic carbocycles. The number of carbonyl (C=O) groups is 1. The van der Waals surface area contributed by atoms with Crippen LogP contribution in [0.3, 0.4) is 0 Å².